The quantitative estimate of drug-likeness (QED) is 0.770. The highest BCUT2D eigenvalue weighted by atomic mass is 16.1. The molecule has 0 fully saturated rings. The summed E-state index contributed by atoms with van der Waals surface area (Å²) in [6.45, 7) is 7.91. The lowest BCUT2D eigenvalue weighted by molar-refractivity contribution is 0.0940. The summed E-state index contributed by atoms with van der Waals surface area (Å²) in [4.78, 5) is 12.0. The van der Waals surface area contributed by atoms with Gasteiger partial charge in [-0.05, 0) is 31.9 Å². The van der Waals surface area contributed by atoms with Crippen LogP contribution in [-0.2, 0) is 0 Å². The zero-order chi connectivity index (χ0) is 11.6. The zero-order valence-corrected chi connectivity index (χ0v) is 9.87. The smallest absolute Gasteiger partial charge is 0.179 e. The standard InChI is InChI=1S/C13H19NO/c1-8(2)12(14)13(15)11-6-9(3)5-10(4)7-11/h5-8,12H,14H2,1-4H3. The van der Waals surface area contributed by atoms with E-state index in [1.54, 1.807) is 0 Å². The van der Waals surface area contributed by atoms with E-state index in [0.29, 0.717) is 0 Å². The average Bonchev–Trinajstić information content (AvgIpc) is 2.13. The lowest BCUT2D eigenvalue weighted by Gasteiger charge is -2.14. The first-order chi connectivity index (χ1) is 6.91. The Morgan fingerprint density at radius 3 is 2.00 bits per heavy atom. The van der Waals surface area contributed by atoms with Crippen molar-refractivity contribution >= 4 is 5.78 Å². The van der Waals surface area contributed by atoms with Crippen molar-refractivity contribution in [3.8, 4) is 0 Å². The molecule has 0 radical (unpaired) electrons. The van der Waals surface area contributed by atoms with Gasteiger partial charge in [-0.2, -0.15) is 0 Å². The van der Waals surface area contributed by atoms with Gasteiger partial charge >= 0.3 is 0 Å². The van der Waals surface area contributed by atoms with Crippen LogP contribution in [-0.4, -0.2) is 11.8 Å². The van der Waals surface area contributed by atoms with Crippen molar-refractivity contribution in [3.63, 3.8) is 0 Å². The number of hydrogen-bond donors (Lipinski definition) is 1. The van der Waals surface area contributed by atoms with Crippen LogP contribution < -0.4 is 5.73 Å². The fraction of sp³-hybridized carbons (Fsp3) is 0.462. The van der Waals surface area contributed by atoms with E-state index in [0.717, 1.165) is 16.7 Å². The second-order valence-electron chi connectivity index (χ2n) is 4.51. The van der Waals surface area contributed by atoms with Gasteiger partial charge in [-0.15, -0.1) is 0 Å². The van der Waals surface area contributed by atoms with Crippen LogP contribution >= 0.6 is 0 Å². The fourth-order valence-corrected chi connectivity index (χ4v) is 1.61. The highest BCUT2D eigenvalue weighted by Crippen LogP contribution is 2.13. The fourth-order valence-electron chi connectivity index (χ4n) is 1.61. The number of benzene rings is 1. The average molecular weight is 205 g/mol. The molecule has 0 heterocycles. The van der Waals surface area contributed by atoms with Crippen molar-refractivity contribution in [1.29, 1.82) is 0 Å². The molecule has 1 unspecified atom stereocenters. The van der Waals surface area contributed by atoms with Crippen LogP contribution in [0.2, 0.25) is 0 Å². The van der Waals surface area contributed by atoms with E-state index in [1.807, 2.05) is 39.8 Å². The second kappa shape index (κ2) is 4.58. The van der Waals surface area contributed by atoms with Gasteiger partial charge in [0.25, 0.3) is 0 Å². The van der Waals surface area contributed by atoms with Gasteiger partial charge in [-0.3, -0.25) is 4.79 Å². The van der Waals surface area contributed by atoms with Gasteiger partial charge in [-0.25, -0.2) is 0 Å². The third-order valence-electron chi connectivity index (χ3n) is 2.53. The van der Waals surface area contributed by atoms with Gasteiger partial charge in [0.15, 0.2) is 5.78 Å². The number of ketones is 1. The van der Waals surface area contributed by atoms with Crippen LogP contribution in [0.3, 0.4) is 0 Å². The van der Waals surface area contributed by atoms with Gasteiger partial charge in [0.2, 0.25) is 0 Å². The van der Waals surface area contributed by atoms with E-state index < -0.39 is 6.04 Å². The lowest BCUT2D eigenvalue weighted by atomic mass is 9.94. The Morgan fingerprint density at radius 1 is 1.13 bits per heavy atom. The molecule has 15 heavy (non-hydrogen) atoms. The van der Waals surface area contributed by atoms with Crippen LogP contribution in [0.1, 0.15) is 35.3 Å². The Balaban J connectivity index is 3.01. The maximum absolute atomic E-state index is 12.0. The summed E-state index contributed by atoms with van der Waals surface area (Å²) in [5.74, 6) is 0.218. The molecule has 0 aliphatic heterocycles. The third-order valence-corrected chi connectivity index (χ3v) is 2.53. The zero-order valence-electron chi connectivity index (χ0n) is 9.87. The Hall–Kier alpha value is -1.15. The van der Waals surface area contributed by atoms with Gasteiger partial charge in [-0.1, -0.05) is 31.0 Å². The van der Waals surface area contributed by atoms with Crippen molar-refractivity contribution in [2.24, 2.45) is 11.7 Å². The first-order valence-electron chi connectivity index (χ1n) is 5.30. The SMILES string of the molecule is Cc1cc(C)cc(C(=O)C(N)C(C)C)c1. The Morgan fingerprint density at radius 2 is 1.60 bits per heavy atom. The summed E-state index contributed by atoms with van der Waals surface area (Å²) in [6, 6.07) is 5.46. The van der Waals surface area contributed by atoms with Crippen LogP contribution in [0.15, 0.2) is 18.2 Å². The van der Waals surface area contributed by atoms with Crippen LogP contribution in [0.25, 0.3) is 0 Å². The number of aryl methyl sites for hydroxylation is 2. The van der Waals surface area contributed by atoms with Crippen molar-refractivity contribution in [1.82, 2.24) is 0 Å². The first-order valence-corrected chi connectivity index (χ1v) is 5.30. The molecule has 0 aliphatic carbocycles. The van der Waals surface area contributed by atoms with Gasteiger partial charge in [0.1, 0.15) is 0 Å². The first kappa shape index (κ1) is 11.9. The summed E-state index contributed by atoms with van der Waals surface area (Å²) in [5.41, 5.74) is 8.78. The molecule has 0 bridgehead atoms. The van der Waals surface area contributed by atoms with Gasteiger partial charge in [0.05, 0.1) is 6.04 Å². The minimum Gasteiger partial charge on any atom is -0.321 e. The Bertz CT molecular complexity index is 349. The van der Waals surface area contributed by atoms with Crippen molar-refractivity contribution in [2.45, 2.75) is 33.7 Å². The predicted octanol–water partition coefficient (Wildman–Crippen LogP) is 2.47. The largest absolute Gasteiger partial charge is 0.321 e. The maximum atomic E-state index is 12.0. The molecule has 0 saturated carbocycles. The van der Waals surface area contributed by atoms with E-state index in [1.165, 1.54) is 0 Å². The topological polar surface area (TPSA) is 43.1 Å². The molecule has 1 aromatic carbocycles. The number of carbonyl (C=O) groups is 1. The van der Waals surface area contributed by atoms with E-state index in [-0.39, 0.29) is 11.7 Å². The normalized spacial score (nSPS) is 12.9. The van der Waals surface area contributed by atoms with Crippen molar-refractivity contribution in [3.05, 3.63) is 34.9 Å². The maximum Gasteiger partial charge on any atom is 0.179 e. The molecule has 0 aliphatic rings. The summed E-state index contributed by atoms with van der Waals surface area (Å²) >= 11 is 0. The second-order valence-corrected chi connectivity index (χ2v) is 4.51. The molecule has 1 atom stereocenters. The minimum atomic E-state index is -0.397. The van der Waals surface area contributed by atoms with E-state index in [9.17, 15) is 4.79 Å². The van der Waals surface area contributed by atoms with E-state index in [4.69, 9.17) is 5.73 Å². The van der Waals surface area contributed by atoms with Crippen LogP contribution in [0.5, 0.6) is 0 Å². The number of hydrogen-bond acceptors (Lipinski definition) is 2. The molecule has 0 aromatic heterocycles. The Labute approximate surface area is 91.5 Å². The molecular weight excluding hydrogens is 186 g/mol. The number of Topliss-reactive ketones (excluding diaryl/α,β-unsaturated/α-hetero) is 1. The highest BCUT2D eigenvalue weighted by Gasteiger charge is 2.19. The number of nitrogens with two attached hydrogens (primary N) is 1. The van der Waals surface area contributed by atoms with Crippen molar-refractivity contribution < 1.29 is 4.79 Å². The molecule has 1 rings (SSSR count). The minimum absolute atomic E-state index is 0.0387. The highest BCUT2D eigenvalue weighted by molar-refractivity contribution is 6.00. The molecular formula is C13H19NO. The van der Waals surface area contributed by atoms with Crippen molar-refractivity contribution in [2.75, 3.05) is 0 Å². The molecule has 2 nitrogen and oxygen atoms in total. The summed E-state index contributed by atoms with van der Waals surface area (Å²) in [5, 5.41) is 0. The number of rotatable bonds is 3. The third kappa shape index (κ3) is 2.90. The number of carbonyl (C=O) groups excluding carboxylic acids is 1. The van der Waals surface area contributed by atoms with E-state index in [2.05, 4.69) is 6.07 Å². The summed E-state index contributed by atoms with van der Waals surface area (Å²) in [7, 11) is 0. The molecule has 0 saturated heterocycles. The lowest BCUT2D eigenvalue weighted by Crippen LogP contribution is -2.35. The molecule has 2 heteroatoms. The molecule has 0 amide bonds. The Kier molecular flexibility index (Phi) is 3.64. The van der Waals surface area contributed by atoms with Gasteiger partial charge in [0, 0.05) is 5.56 Å². The monoisotopic (exact) mass is 205 g/mol. The van der Waals surface area contributed by atoms with Crippen LogP contribution in [0, 0.1) is 19.8 Å². The summed E-state index contributed by atoms with van der Waals surface area (Å²) < 4.78 is 0. The predicted molar refractivity (Wildman–Crippen MR) is 63.1 cm³/mol. The molecule has 2 N–H and O–H groups in total. The molecule has 82 valence electrons. The molecule has 0 spiro atoms. The van der Waals surface area contributed by atoms with Crippen LogP contribution in [0.4, 0.5) is 0 Å². The van der Waals surface area contributed by atoms with E-state index >= 15 is 0 Å². The summed E-state index contributed by atoms with van der Waals surface area (Å²) in [6.07, 6.45) is 0. The van der Waals surface area contributed by atoms with Gasteiger partial charge < -0.3 is 5.73 Å². The molecule has 1 aromatic rings.